The summed E-state index contributed by atoms with van der Waals surface area (Å²) >= 11 is 0. The molecular weight excluding hydrogens is 300 g/mol. The second-order valence-electron chi connectivity index (χ2n) is 9.69. The molecule has 0 aromatic carbocycles. The minimum absolute atomic E-state index is 0.116. The predicted molar refractivity (Wildman–Crippen MR) is 91.1 cm³/mol. The Morgan fingerprint density at radius 3 is 2.25 bits per heavy atom. The molecule has 24 heavy (non-hydrogen) atoms. The molecule has 6 aliphatic rings. The number of likely N-dealkylation sites (tertiary alicyclic amines) is 1. The lowest BCUT2D eigenvalue weighted by atomic mass is 9.48. The Morgan fingerprint density at radius 2 is 1.71 bits per heavy atom. The van der Waals surface area contributed by atoms with Gasteiger partial charge in [-0.25, -0.2) is 0 Å². The second kappa shape index (κ2) is 5.22. The minimum atomic E-state index is -0.116. The smallest absolute Gasteiger partial charge is 0.225 e. The molecule has 5 aliphatic carbocycles. The summed E-state index contributed by atoms with van der Waals surface area (Å²) < 4.78 is 0. The third-order valence-electron chi connectivity index (χ3n) is 7.88. The fourth-order valence-electron chi connectivity index (χ4n) is 6.84. The standard InChI is InChI=1S/C20H30N2O2/c1-12(20-8-13-4-14(9-20)6-15(5-13)10-20)21-19(24)16-7-18(23)22(11-16)17-2-3-17/h12-17H,2-11H2,1H3,(H,21,24)/t12-,13?,14?,15?,16-,20?/m1/s1. The van der Waals surface area contributed by atoms with Crippen molar-refractivity contribution in [2.24, 2.45) is 29.1 Å². The van der Waals surface area contributed by atoms with Gasteiger partial charge in [0.05, 0.1) is 5.92 Å². The van der Waals surface area contributed by atoms with Crippen LogP contribution < -0.4 is 5.32 Å². The Hall–Kier alpha value is -1.06. The van der Waals surface area contributed by atoms with Crippen LogP contribution in [0.2, 0.25) is 0 Å². The number of carbonyl (C=O) groups is 2. The average Bonchev–Trinajstić information content (AvgIpc) is 3.28. The number of nitrogens with one attached hydrogen (secondary N) is 1. The summed E-state index contributed by atoms with van der Waals surface area (Å²) in [5.74, 6) is 2.95. The zero-order valence-electron chi connectivity index (χ0n) is 14.8. The lowest BCUT2D eigenvalue weighted by Gasteiger charge is -2.59. The van der Waals surface area contributed by atoms with Crippen molar-refractivity contribution in [3.8, 4) is 0 Å². The fraction of sp³-hybridized carbons (Fsp3) is 0.900. The number of carbonyl (C=O) groups excluding carboxylic acids is 2. The van der Waals surface area contributed by atoms with Crippen LogP contribution in [0.4, 0.5) is 0 Å². The Balaban J connectivity index is 1.24. The maximum Gasteiger partial charge on any atom is 0.225 e. The molecule has 1 heterocycles. The first-order valence-corrected chi connectivity index (χ1v) is 10.1. The van der Waals surface area contributed by atoms with Crippen LogP contribution in [-0.2, 0) is 9.59 Å². The van der Waals surface area contributed by atoms with Gasteiger partial charge in [0.25, 0.3) is 0 Å². The van der Waals surface area contributed by atoms with Crippen LogP contribution >= 0.6 is 0 Å². The molecule has 6 rings (SSSR count). The molecule has 4 heteroatoms. The zero-order chi connectivity index (χ0) is 16.5. The molecule has 0 aromatic rings. The van der Waals surface area contributed by atoms with Crippen molar-refractivity contribution in [1.82, 2.24) is 10.2 Å². The normalized spacial score (nSPS) is 44.9. The molecule has 4 nitrogen and oxygen atoms in total. The van der Waals surface area contributed by atoms with Crippen molar-refractivity contribution >= 4 is 11.8 Å². The molecule has 2 amide bonds. The SMILES string of the molecule is C[C@@H](NC(=O)[C@@H]1CC(=O)N(C2CC2)C1)C12CC3CC(CC(C3)C1)C2. The molecule has 0 radical (unpaired) electrons. The van der Waals surface area contributed by atoms with E-state index in [-0.39, 0.29) is 23.8 Å². The maximum absolute atomic E-state index is 12.8. The van der Waals surface area contributed by atoms with E-state index in [1.165, 1.54) is 38.5 Å². The monoisotopic (exact) mass is 330 g/mol. The van der Waals surface area contributed by atoms with Crippen LogP contribution in [0.25, 0.3) is 0 Å². The predicted octanol–water partition coefficient (Wildman–Crippen LogP) is 2.72. The van der Waals surface area contributed by atoms with Gasteiger partial charge in [0.1, 0.15) is 0 Å². The molecule has 6 fully saturated rings. The van der Waals surface area contributed by atoms with E-state index in [9.17, 15) is 9.59 Å². The number of hydrogen-bond donors (Lipinski definition) is 1. The average molecular weight is 330 g/mol. The highest BCUT2D eigenvalue weighted by Crippen LogP contribution is 2.61. The highest BCUT2D eigenvalue weighted by atomic mass is 16.2. The summed E-state index contributed by atoms with van der Waals surface area (Å²) in [5, 5.41) is 3.36. The van der Waals surface area contributed by atoms with Crippen LogP contribution in [-0.4, -0.2) is 35.3 Å². The molecule has 132 valence electrons. The minimum Gasteiger partial charge on any atom is -0.353 e. The molecule has 2 atom stereocenters. The Labute approximate surface area is 144 Å². The first-order chi connectivity index (χ1) is 11.5. The Morgan fingerprint density at radius 1 is 1.12 bits per heavy atom. The molecule has 0 aromatic heterocycles. The quantitative estimate of drug-likeness (QED) is 0.861. The number of amides is 2. The summed E-state index contributed by atoms with van der Waals surface area (Å²) in [7, 11) is 0. The summed E-state index contributed by atoms with van der Waals surface area (Å²) in [6, 6.07) is 0.708. The summed E-state index contributed by atoms with van der Waals surface area (Å²) in [4.78, 5) is 26.9. The van der Waals surface area contributed by atoms with Crippen LogP contribution in [0.15, 0.2) is 0 Å². The molecule has 0 spiro atoms. The number of nitrogens with zero attached hydrogens (tertiary/aromatic N) is 1. The topological polar surface area (TPSA) is 49.4 Å². The van der Waals surface area contributed by atoms with Crippen molar-refractivity contribution in [3.63, 3.8) is 0 Å². The molecule has 1 aliphatic heterocycles. The van der Waals surface area contributed by atoms with Gasteiger partial charge < -0.3 is 10.2 Å². The first-order valence-electron chi connectivity index (χ1n) is 10.1. The van der Waals surface area contributed by atoms with Gasteiger partial charge in [0.15, 0.2) is 0 Å². The van der Waals surface area contributed by atoms with Gasteiger partial charge in [-0.1, -0.05) is 0 Å². The largest absolute Gasteiger partial charge is 0.353 e. The van der Waals surface area contributed by atoms with Gasteiger partial charge >= 0.3 is 0 Å². The first kappa shape index (κ1) is 15.2. The van der Waals surface area contributed by atoms with E-state index in [0.29, 0.717) is 24.4 Å². The van der Waals surface area contributed by atoms with Gasteiger partial charge in [-0.2, -0.15) is 0 Å². The summed E-state index contributed by atoms with van der Waals surface area (Å²) in [6.07, 6.45) is 11.0. The second-order valence-corrected chi connectivity index (χ2v) is 9.69. The molecular formula is C20H30N2O2. The lowest BCUT2D eigenvalue weighted by Crippen LogP contribution is -2.56. The van der Waals surface area contributed by atoms with Crippen molar-refractivity contribution in [2.45, 2.75) is 76.8 Å². The van der Waals surface area contributed by atoms with Crippen molar-refractivity contribution in [3.05, 3.63) is 0 Å². The van der Waals surface area contributed by atoms with Crippen LogP contribution in [0.1, 0.15) is 64.7 Å². The van der Waals surface area contributed by atoms with Gasteiger partial charge in [0, 0.05) is 25.0 Å². The zero-order valence-corrected chi connectivity index (χ0v) is 14.8. The fourth-order valence-corrected chi connectivity index (χ4v) is 6.84. The van der Waals surface area contributed by atoms with Gasteiger partial charge in [0.2, 0.25) is 11.8 Å². The van der Waals surface area contributed by atoms with Crippen LogP contribution in [0.5, 0.6) is 0 Å². The highest BCUT2D eigenvalue weighted by Gasteiger charge is 2.53. The van der Waals surface area contributed by atoms with E-state index in [1.54, 1.807) is 0 Å². The van der Waals surface area contributed by atoms with E-state index in [0.717, 1.165) is 30.6 Å². The van der Waals surface area contributed by atoms with E-state index in [1.807, 2.05) is 4.90 Å². The Kier molecular flexibility index (Phi) is 3.31. The summed E-state index contributed by atoms with van der Waals surface area (Å²) in [6.45, 7) is 2.89. The van der Waals surface area contributed by atoms with Gasteiger partial charge in [-0.15, -0.1) is 0 Å². The van der Waals surface area contributed by atoms with Gasteiger partial charge in [-0.05, 0) is 81.5 Å². The Bertz CT molecular complexity index is 533. The molecule has 4 bridgehead atoms. The van der Waals surface area contributed by atoms with E-state index in [4.69, 9.17) is 0 Å². The van der Waals surface area contributed by atoms with E-state index in [2.05, 4.69) is 12.2 Å². The van der Waals surface area contributed by atoms with Gasteiger partial charge in [-0.3, -0.25) is 9.59 Å². The van der Waals surface area contributed by atoms with E-state index >= 15 is 0 Å². The highest BCUT2D eigenvalue weighted by molar-refractivity contribution is 5.89. The van der Waals surface area contributed by atoms with Crippen molar-refractivity contribution < 1.29 is 9.59 Å². The maximum atomic E-state index is 12.8. The summed E-state index contributed by atoms with van der Waals surface area (Å²) in [5.41, 5.74) is 0.350. The number of hydrogen-bond acceptors (Lipinski definition) is 2. The lowest BCUT2D eigenvalue weighted by molar-refractivity contribution is -0.131. The third-order valence-corrected chi connectivity index (χ3v) is 7.88. The van der Waals surface area contributed by atoms with Crippen LogP contribution in [0.3, 0.4) is 0 Å². The number of rotatable bonds is 4. The third kappa shape index (κ3) is 2.40. The van der Waals surface area contributed by atoms with Crippen LogP contribution in [0, 0.1) is 29.1 Å². The molecule has 5 saturated carbocycles. The van der Waals surface area contributed by atoms with Crippen molar-refractivity contribution in [1.29, 1.82) is 0 Å². The molecule has 0 unspecified atom stereocenters. The van der Waals surface area contributed by atoms with Crippen molar-refractivity contribution in [2.75, 3.05) is 6.54 Å². The van der Waals surface area contributed by atoms with E-state index < -0.39 is 0 Å². The molecule has 1 saturated heterocycles. The molecule has 1 N–H and O–H groups in total.